The SMILES string of the molecule is CCN(CC)c1ccc(-c2nnc(S[C@H](C)C(=O)N[C@@H]3CCC[C@H](C)[C@H]3C)o2)cc1. The zero-order valence-electron chi connectivity index (χ0n) is 18.7. The number of carbonyl (C=O) groups is 1. The molecule has 0 spiro atoms. The van der Waals surface area contributed by atoms with E-state index in [1.54, 1.807) is 0 Å². The lowest BCUT2D eigenvalue weighted by atomic mass is 9.78. The molecule has 1 heterocycles. The molecule has 1 N–H and O–H groups in total. The maximum Gasteiger partial charge on any atom is 0.277 e. The lowest BCUT2D eigenvalue weighted by Gasteiger charge is -2.35. The molecule has 0 radical (unpaired) electrons. The number of hydrogen-bond donors (Lipinski definition) is 1. The summed E-state index contributed by atoms with van der Waals surface area (Å²) in [4.78, 5) is 15.0. The fourth-order valence-corrected chi connectivity index (χ4v) is 4.76. The highest BCUT2D eigenvalue weighted by Crippen LogP contribution is 2.31. The van der Waals surface area contributed by atoms with E-state index in [1.807, 2.05) is 19.1 Å². The van der Waals surface area contributed by atoms with Gasteiger partial charge in [0.25, 0.3) is 5.22 Å². The fourth-order valence-electron chi connectivity index (χ4n) is 4.07. The molecule has 1 aromatic carbocycles. The number of nitrogens with one attached hydrogen (secondary N) is 1. The Morgan fingerprint density at radius 1 is 1.20 bits per heavy atom. The van der Waals surface area contributed by atoms with Gasteiger partial charge in [-0.05, 0) is 63.3 Å². The first-order valence-electron chi connectivity index (χ1n) is 11.1. The lowest BCUT2D eigenvalue weighted by molar-refractivity contribution is -0.121. The van der Waals surface area contributed by atoms with Gasteiger partial charge in [-0.15, -0.1) is 10.2 Å². The summed E-state index contributed by atoms with van der Waals surface area (Å²) in [6.45, 7) is 12.6. The Bertz CT molecular complexity index is 819. The van der Waals surface area contributed by atoms with Gasteiger partial charge < -0.3 is 14.6 Å². The van der Waals surface area contributed by atoms with Crippen molar-refractivity contribution in [1.29, 1.82) is 0 Å². The van der Waals surface area contributed by atoms with Crippen LogP contribution < -0.4 is 10.2 Å². The standard InChI is InChI=1S/C23H34N4O2S/c1-6-27(7-2)19-13-11-18(12-14-19)22-25-26-23(29-22)30-17(5)21(28)24-20-10-8-9-15(3)16(20)4/h11-17,20H,6-10H2,1-5H3,(H,24,28)/t15-,16+,17+,20+/m0/s1. The van der Waals surface area contributed by atoms with Crippen LogP contribution >= 0.6 is 11.8 Å². The second kappa shape index (κ2) is 10.3. The van der Waals surface area contributed by atoms with E-state index >= 15 is 0 Å². The number of rotatable bonds is 8. The van der Waals surface area contributed by atoms with E-state index in [4.69, 9.17) is 4.42 Å². The zero-order chi connectivity index (χ0) is 21.7. The minimum atomic E-state index is -0.284. The summed E-state index contributed by atoms with van der Waals surface area (Å²) >= 11 is 1.31. The van der Waals surface area contributed by atoms with E-state index in [0.29, 0.717) is 22.9 Å². The van der Waals surface area contributed by atoms with Crippen molar-refractivity contribution >= 4 is 23.4 Å². The average molecular weight is 431 g/mol. The molecule has 1 aliphatic carbocycles. The highest BCUT2D eigenvalue weighted by atomic mass is 32.2. The molecule has 1 fully saturated rings. The number of nitrogens with zero attached hydrogens (tertiary/aromatic N) is 3. The molecule has 0 bridgehead atoms. The third-order valence-electron chi connectivity index (χ3n) is 6.33. The van der Waals surface area contributed by atoms with Crippen LogP contribution in [0, 0.1) is 11.8 Å². The van der Waals surface area contributed by atoms with E-state index < -0.39 is 0 Å². The first-order valence-corrected chi connectivity index (χ1v) is 12.0. The third kappa shape index (κ3) is 5.36. The van der Waals surface area contributed by atoms with Gasteiger partial charge in [0.15, 0.2) is 0 Å². The molecule has 4 atom stereocenters. The van der Waals surface area contributed by atoms with Crippen molar-refractivity contribution in [3.8, 4) is 11.5 Å². The van der Waals surface area contributed by atoms with Crippen molar-refractivity contribution in [3.63, 3.8) is 0 Å². The molecule has 1 amide bonds. The van der Waals surface area contributed by atoms with Gasteiger partial charge in [0.1, 0.15) is 0 Å². The Hall–Kier alpha value is -2.02. The van der Waals surface area contributed by atoms with Gasteiger partial charge in [0.2, 0.25) is 11.8 Å². The number of amides is 1. The van der Waals surface area contributed by atoms with Crippen LogP contribution in [0.15, 0.2) is 33.9 Å². The number of anilines is 1. The van der Waals surface area contributed by atoms with Gasteiger partial charge in [0, 0.05) is 30.4 Å². The normalized spacial score (nSPS) is 22.5. The molecule has 30 heavy (non-hydrogen) atoms. The first-order chi connectivity index (χ1) is 14.4. The molecule has 0 aliphatic heterocycles. The maximum atomic E-state index is 12.7. The molecule has 1 aliphatic rings. The molecule has 164 valence electrons. The second-order valence-electron chi connectivity index (χ2n) is 8.23. The van der Waals surface area contributed by atoms with Gasteiger partial charge in [0.05, 0.1) is 5.25 Å². The van der Waals surface area contributed by atoms with Crippen molar-refractivity contribution in [2.24, 2.45) is 11.8 Å². The van der Waals surface area contributed by atoms with Gasteiger partial charge >= 0.3 is 0 Å². The summed E-state index contributed by atoms with van der Waals surface area (Å²) in [7, 11) is 0. The van der Waals surface area contributed by atoms with Crippen LogP contribution in [0.5, 0.6) is 0 Å². The van der Waals surface area contributed by atoms with E-state index in [9.17, 15) is 4.79 Å². The summed E-state index contributed by atoms with van der Waals surface area (Å²) in [5.41, 5.74) is 2.06. The summed E-state index contributed by atoms with van der Waals surface area (Å²) in [5.74, 6) is 1.67. The molecule has 0 unspecified atom stereocenters. The van der Waals surface area contributed by atoms with Crippen molar-refractivity contribution < 1.29 is 9.21 Å². The predicted octanol–water partition coefficient (Wildman–Crippen LogP) is 5.00. The minimum absolute atomic E-state index is 0.0364. The van der Waals surface area contributed by atoms with Gasteiger partial charge in [-0.1, -0.05) is 38.5 Å². The summed E-state index contributed by atoms with van der Waals surface area (Å²) in [6, 6.07) is 8.39. The molecule has 7 heteroatoms. The summed E-state index contributed by atoms with van der Waals surface area (Å²) < 4.78 is 5.82. The Balaban J connectivity index is 1.58. The molecule has 2 aromatic rings. The van der Waals surface area contributed by atoms with Crippen LogP contribution in [0.2, 0.25) is 0 Å². The Kier molecular flexibility index (Phi) is 7.81. The van der Waals surface area contributed by atoms with Crippen molar-refractivity contribution in [2.75, 3.05) is 18.0 Å². The molecule has 1 aromatic heterocycles. The Morgan fingerprint density at radius 2 is 1.90 bits per heavy atom. The van der Waals surface area contributed by atoms with Crippen LogP contribution in [-0.4, -0.2) is 40.5 Å². The number of hydrogen-bond acceptors (Lipinski definition) is 6. The topological polar surface area (TPSA) is 71.3 Å². The lowest BCUT2D eigenvalue weighted by Crippen LogP contribution is -2.46. The van der Waals surface area contributed by atoms with E-state index in [1.165, 1.54) is 30.3 Å². The highest BCUT2D eigenvalue weighted by molar-refractivity contribution is 8.00. The van der Waals surface area contributed by atoms with Crippen molar-refractivity contribution in [2.45, 2.75) is 70.4 Å². The smallest absolute Gasteiger partial charge is 0.277 e. The number of carbonyl (C=O) groups excluding carboxylic acids is 1. The predicted molar refractivity (Wildman–Crippen MR) is 123 cm³/mol. The number of aromatic nitrogens is 2. The van der Waals surface area contributed by atoms with Crippen LogP contribution in [0.4, 0.5) is 5.69 Å². The van der Waals surface area contributed by atoms with E-state index in [-0.39, 0.29) is 17.2 Å². The molecule has 3 rings (SSSR count). The Labute approximate surface area is 184 Å². The molecule has 1 saturated carbocycles. The van der Waals surface area contributed by atoms with Crippen LogP contribution in [-0.2, 0) is 4.79 Å². The molecule has 0 saturated heterocycles. The maximum absolute atomic E-state index is 12.7. The monoisotopic (exact) mass is 430 g/mol. The van der Waals surface area contributed by atoms with E-state index in [2.05, 4.69) is 60.2 Å². The van der Waals surface area contributed by atoms with Crippen molar-refractivity contribution in [3.05, 3.63) is 24.3 Å². The average Bonchev–Trinajstić information content (AvgIpc) is 3.21. The van der Waals surface area contributed by atoms with Crippen LogP contribution in [0.1, 0.15) is 53.9 Å². The summed E-state index contributed by atoms with van der Waals surface area (Å²) in [5, 5.41) is 11.7. The van der Waals surface area contributed by atoms with Gasteiger partial charge in [-0.25, -0.2) is 0 Å². The zero-order valence-corrected chi connectivity index (χ0v) is 19.5. The second-order valence-corrected chi connectivity index (χ2v) is 9.53. The summed E-state index contributed by atoms with van der Waals surface area (Å²) in [6.07, 6.45) is 3.49. The van der Waals surface area contributed by atoms with Crippen molar-refractivity contribution in [1.82, 2.24) is 15.5 Å². The molecular weight excluding hydrogens is 396 g/mol. The quantitative estimate of drug-likeness (QED) is 0.594. The number of thioether (sulfide) groups is 1. The van der Waals surface area contributed by atoms with Crippen LogP contribution in [0.25, 0.3) is 11.5 Å². The Morgan fingerprint density at radius 3 is 2.57 bits per heavy atom. The van der Waals surface area contributed by atoms with Gasteiger partial charge in [-0.2, -0.15) is 0 Å². The molecular formula is C23H34N4O2S. The van der Waals surface area contributed by atoms with Gasteiger partial charge in [-0.3, -0.25) is 4.79 Å². The fraction of sp³-hybridized carbons (Fsp3) is 0.609. The van der Waals surface area contributed by atoms with E-state index in [0.717, 1.165) is 25.1 Å². The van der Waals surface area contributed by atoms with Crippen LogP contribution in [0.3, 0.4) is 0 Å². The first kappa shape index (κ1) is 22.7. The highest BCUT2D eigenvalue weighted by Gasteiger charge is 2.30. The number of benzene rings is 1. The largest absolute Gasteiger partial charge is 0.411 e. The third-order valence-corrected chi connectivity index (χ3v) is 7.26. The molecule has 6 nitrogen and oxygen atoms in total. The minimum Gasteiger partial charge on any atom is -0.411 e.